The standard InChI is InChI=1S/C31H53NO3.H2O.O.Ti/c1-22(2)19-17-15-13-11-9-7-8-10-12-14-16-18-20-27(33)29-26(31(34)35)21-25(23(3)4)30(32)28(29)24(5)6;;;/h21-24H,7-20,32H2,1-6H3,(H,34,35);1H2;;/q;;;+2/p-2. The molecule has 0 atom stereocenters. The molecule has 0 saturated heterocycles. The van der Waals surface area contributed by atoms with Gasteiger partial charge in [-0.1, -0.05) is 58.8 Å². The van der Waals surface area contributed by atoms with Crippen LogP contribution in [0.3, 0.4) is 0 Å². The molecule has 0 unspecified atom stereocenters. The van der Waals surface area contributed by atoms with Crippen LogP contribution in [0.4, 0.5) is 5.69 Å². The molecule has 0 aliphatic rings. The molecule has 1 rings (SSSR count). The average Bonchev–Trinajstić information content (AvgIpc) is 2.82. The zero-order valence-electron chi connectivity index (χ0n) is 24.9. The number of unbranched alkanes of at least 4 members (excludes halogenated alkanes) is 11. The van der Waals surface area contributed by atoms with Crippen molar-refractivity contribution in [2.24, 2.45) is 5.92 Å². The third-order valence-electron chi connectivity index (χ3n) is 7.25. The molecule has 0 radical (unpaired) electrons. The van der Waals surface area contributed by atoms with E-state index in [0.717, 1.165) is 30.7 Å². The number of benzene rings is 1. The first-order chi connectivity index (χ1) is 18.0. The molecule has 0 amide bonds. The number of hydrogen-bond acceptors (Lipinski definition) is 5. The number of rotatable bonds is 20. The number of nitrogens with two attached hydrogens (primary N) is 1. The molecule has 7 heteroatoms. The SMILES string of the molecule is CC(C)CCCCCCCCCCCCCCC(=O)c1c(C(=O)[O][Ti](=[O])[OH])cc(C(C)C)c(N)c1C(C)C. The van der Waals surface area contributed by atoms with Crippen LogP contribution >= 0.6 is 0 Å². The topological polar surface area (TPSA) is 107 Å². The van der Waals surface area contributed by atoms with Crippen LogP contribution in [-0.2, 0) is 25.3 Å². The van der Waals surface area contributed by atoms with Crippen LogP contribution in [-0.4, -0.2) is 15.4 Å². The van der Waals surface area contributed by atoms with Gasteiger partial charge in [-0.05, 0) is 5.92 Å². The molecule has 0 spiro atoms. The quantitative estimate of drug-likeness (QED) is 0.0706. The molecule has 0 heterocycles. The zero-order valence-corrected chi connectivity index (χ0v) is 26.4. The van der Waals surface area contributed by atoms with Gasteiger partial charge in [0.1, 0.15) is 0 Å². The van der Waals surface area contributed by atoms with E-state index in [2.05, 4.69) is 13.8 Å². The molecule has 38 heavy (non-hydrogen) atoms. The Labute approximate surface area is 238 Å². The molecule has 1 aromatic rings. The summed E-state index contributed by atoms with van der Waals surface area (Å²) < 4.78 is 25.2. The second-order valence-corrected chi connectivity index (χ2v) is 12.9. The van der Waals surface area contributed by atoms with E-state index in [4.69, 9.17) is 9.05 Å². The maximum atomic E-state index is 13.4. The fourth-order valence-electron chi connectivity index (χ4n) is 5.14. The van der Waals surface area contributed by atoms with Crippen LogP contribution in [0.5, 0.6) is 0 Å². The summed E-state index contributed by atoms with van der Waals surface area (Å²) in [6.07, 6.45) is 16.3. The number of anilines is 1. The van der Waals surface area contributed by atoms with Crippen LogP contribution in [0.1, 0.15) is 175 Å². The number of carbonyl (C=O) groups is 2. The van der Waals surface area contributed by atoms with Crippen molar-refractivity contribution in [2.45, 2.75) is 143 Å². The predicted molar refractivity (Wildman–Crippen MR) is 151 cm³/mol. The van der Waals surface area contributed by atoms with Gasteiger partial charge in [-0.2, -0.15) is 0 Å². The average molecular weight is 568 g/mol. The molecule has 0 fully saturated rings. The summed E-state index contributed by atoms with van der Waals surface area (Å²) in [4.78, 5) is 26.1. The van der Waals surface area contributed by atoms with E-state index in [1.807, 2.05) is 27.7 Å². The van der Waals surface area contributed by atoms with Crippen LogP contribution in [0.2, 0.25) is 0 Å². The summed E-state index contributed by atoms with van der Waals surface area (Å²) in [5.74, 6) is -0.309. The van der Waals surface area contributed by atoms with E-state index in [0.29, 0.717) is 17.7 Å². The van der Waals surface area contributed by atoms with Gasteiger partial charge in [0.2, 0.25) is 0 Å². The Morgan fingerprint density at radius 2 is 1.29 bits per heavy atom. The van der Waals surface area contributed by atoms with Crippen LogP contribution in [0.15, 0.2) is 6.07 Å². The summed E-state index contributed by atoms with van der Waals surface area (Å²) in [7, 11) is 0. The van der Waals surface area contributed by atoms with Gasteiger partial charge < -0.3 is 0 Å². The molecule has 216 valence electrons. The zero-order chi connectivity index (χ0) is 28.7. The van der Waals surface area contributed by atoms with E-state index in [-0.39, 0.29) is 28.7 Å². The summed E-state index contributed by atoms with van der Waals surface area (Å²) >= 11 is -4.11. The Bertz CT molecular complexity index is 895. The van der Waals surface area contributed by atoms with Crippen molar-refractivity contribution in [2.75, 3.05) is 5.73 Å². The Balaban J connectivity index is 2.58. The normalized spacial score (nSPS) is 11.5. The Morgan fingerprint density at radius 1 is 0.816 bits per heavy atom. The van der Waals surface area contributed by atoms with Crippen LogP contribution in [0.25, 0.3) is 0 Å². The molecular weight excluding hydrogens is 514 g/mol. The van der Waals surface area contributed by atoms with E-state index in [1.165, 1.54) is 64.2 Å². The van der Waals surface area contributed by atoms with E-state index >= 15 is 0 Å². The summed E-state index contributed by atoms with van der Waals surface area (Å²) in [5, 5.41) is 0. The first-order valence-corrected chi connectivity index (χ1v) is 16.9. The molecule has 6 nitrogen and oxygen atoms in total. The Kier molecular flexibility index (Phi) is 17.2. The van der Waals surface area contributed by atoms with E-state index in [9.17, 15) is 16.6 Å². The van der Waals surface area contributed by atoms with Crippen molar-refractivity contribution in [1.82, 2.24) is 0 Å². The number of ketones is 1. The van der Waals surface area contributed by atoms with Crippen molar-refractivity contribution in [1.29, 1.82) is 0 Å². The minimum atomic E-state index is -4.11. The maximum absolute atomic E-state index is 13.4. The first kappa shape index (κ1) is 34.7. The molecule has 0 bridgehead atoms. The monoisotopic (exact) mass is 567 g/mol. The summed E-state index contributed by atoms with van der Waals surface area (Å²) in [6.45, 7) is 12.4. The first-order valence-electron chi connectivity index (χ1n) is 14.9. The third kappa shape index (κ3) is 12.7. The van der Waals surface area contributed by atoms with Crippen molar-refractivity contribution >= 4 is 17.4 Å². The van der Waals surface area contributed by atoms with E-state index < -0.39 is 24.6 Å². The van der Waals surface area contributed by atoms with Crippen molar-refractivity contribution in [3.8, 4) is 0 Å². The van der Waals surface area contributed by atoms with Gasteiger partial charge in [-0.3, -0.25) is 0 Å². The molecular formula is C31H53NO5Ti. The van der Waals surface area contributed by atoms with Gasteiger partial charge in [0, 0.05) is 0 Å². The number of nitrogen functional groups attached to an aromatic ring is 1. The molecule has 0 aliphatic carbocycles. The fourth-order valence-corrected chi connectivity index (χ4v) is 5.56. The second kappa shape index (κ2) is 18.8. The Morgan fingerprint density at radius 3 is 1.71 bits per heavy atom. The minimum absolute atomic E-state index is 0.0230. The second-order valence-electron chi connectivity index (χ2n) is 11.8. The van der Waals surface area contributed by atoms with Gasteiger partial charge in [0.25, 0.3) is 0 Å². The molecule has 1 aromatic carbocycles. The van der Waals surface area contributed by atoms with Gasteiger partial charge in [-0.15, -0.1) is 0 Å². The molecule has 0 aromatic heterocycles. The molecule has 0 saturated carbocycles. The van der Waals surface area contributed by atoms with Crippen molar-refractivity contribution in [3.63, 3.8) is 0 Å². The van der Waals surface area contributed by atoms with Crippen molar-refractivity contribution < 1.29 is 38.5 Å². The summed E-state index contributed by atoms with van der Waals surface area (Å²) in [5.41, 5.74) is 8.70. The van der Waals surface area contributed by atoms with Crippen molar-refractivity contribution in [3.05, 3.63) is 28.3 Å². The molecule has 3 N–H and O–H groups in total. The number of carbonyl (C=O) groups excluding carboxylic acids is 2. The predicted octanol–water partition coefficient (Wildman–Crippen LogP) is 8.76. The fraction of sp³-hybridized carbons (Fsp3) is 0.742. The molecule has 0 aliphatic heterocycles. The number of hydrogen-bond donors (Lipinski definition) is 2. The number of Topliss-reactive ketones (excluding diaryl/α,β-unsaturated/α-hetero) is 1. The van der Waals surface area contributed by atoms with Gasteiger partial charge in [-0.25, -0.2) is 0 Å². The Hall–Kier alpha value is -1.37. The van der Waals surface area contributed by atoms with Gasteiger partial charge in [0.15, 0.2) is 0 Å². The van der Waals surface area contributed by atoms with E-state index in [1.54, 1.807) is 6.07 Å². The van der Waals surface area contributed by atoms with Gasteiger partial charge in [0.05, 0.1) is 0 Å². The third-order valence-corrected chi connectivity index (χ3v) is 7.82. The van der Waals surface area contributed by atoms with Crippen LogP contribution < -0.4 is 5.73 Å². The summed E-state index contributed by atoms with van der Waals surface area (Å²) in [6, 6.07) is 1.58. The van der Waals surface area contributed by atoms with Crippen LogP contribution in [0, 0.1) is 5.92 Å². The van der Waals surface area contributed by atoms with Gasteiger partial charge >= 0.3 is 175 Å².